The number of fused-ring (bicyclic) bond motifs is 1. The van der Waals surface area contributed by atoms with Gasteiger partial charge >= 0.3 is 7.60 Å². The predicted octanol–water partition coefficient (Wildman–Crippen LogP) is 0.144. The fraction of sp³-hybridized carbons (Fsp3) is 0.733. The molecule has 2 N–H and O–H groups in total. The van der Waals surface area contributed by atoms with Gasteiger partial charge in [-0.1, -0.05) is 0 Å². The number of amidine groups is 1. The van der Waals surface area contributed by atoms with Crippen molar-refractivity contribution in [3.05, 3.63) is 0 Å². The summed E-state index contributed by atoms with van der Waals surface area (Å²) in [4.78, 5) is 21.4. The maximum atomic E-state index is 12.6. The molecule has 0 saturated carbocycles. The smallest absolute Gasteiger partial charge is 0.355 e. The van der Waals surface area contributed by atoms with E-state index in [0.717, 1.165) is 0 Å². The fourth-order valence-corrected chi connectivity index (χ4v) is 3.80. The van der Waals surface area contributed by atoms with Crippen molar-refractivity contribution < 1.29 is 32.6 Å². The molecule has 0 aromatic carbocycles. The molecule has 1 amide bonds. The van der Waals surface area contributed by atoms with Crippen LogP contribution in [0.4, 0.5) is 0 Å². The molecule has 0 bridgehead atoms. The van der Waals surface area contributed by atoms with Gasteiger partial charge in [0.2, 0.25) is 5.96 Å². The number of nitrogens with one attached hydrogen (secondary N) is 2. The zero-order valence-electron chi connectivity index (χ0n) is 15.9. The summed E-state index contributed by atoms with van der Waals surface area (Å²) in [6.45, 7) is 4.47. The van der Waals surface area contributed by atoms with Crippen molar-refractivity contribution in [1.29, 1.82) is 5.41 Å². The van der Waals surface area contributed by atoms with Crippen LogP contribution >= 0.6 is 7.60 Å². The van der Waals surface area contributed by atoms with Crippen LogP contribution in [0.3, 0.4) is 0 Å². The van der Waals surface area contributed by atoms with E-state index in [2.05, 4.69) is 15.3 Å². The molecule has 13 heteroatoms. The van der Waals surface area contributed by atoms with Crippen LogP contribution in [0.15, 0.2) is 9.98 Å². The molecule has 0 spiro atoms. The molecule has 28 heavy (non-hydrogen) atoms. The number of guanidine groups is 1. The predicted molar refractivity (Wildman–Crippen MR) is 98.6 cm³/mol. The molecule has 3 rings (SSSR count). The second kappa shape index (κ2) is 8.36. The van der Waals surface area contributed by atoms with Crippen LogP contribution in [0.1, 0.15) is 13.8 Å². The molecule has 3 aliphatic rings. The SMILES string of the molecule is COP(=O)(COCCN1C=NC2C(=O)NC(=N)N=C21)OCC1COC(C)(C)O1. The molecule has 0 aromatic rings. The van der Waals surface area contributed by atoms with Crippen molar-refractivity contribution >= 4 is 31.6 Å². The van der Waals surface area contributed by atoms with Crippen LogP contribution in [-0.4, -0.2) is 86.7 Å². The Balaban J connectivity index is 1.42. The molecule has 0 aliphatic carbocycles. The van der Waals surface area contributed by atoms with Gasteiger partial charge in [-0.25, -0.2) is 0 Å². The molecule has 156 valence electrons. The summed E-state index contributed by atoms with van der Waals surface area (Å²) in [5, 5.41) is 9.80. The van der Waals surface area contributed by atoms with E-state index >= 15 is 0 Å². The molecule has 3 aliphatic heterocycles. The molecule has 1 saturated heterocycles. The maximum absolute atomic E-state index is 12.6. The molecule has 1 fully saturated rings. The number of nitrogens with zero attached hydrogens (tertiary/aromatic N) is 3. The number of hydrogen-bond acceptors (Lipinski definition) is 10. The van der Waals surface area contributed by atoms with Crippen molar-refractivity contribution in [2.24, 2.45) is 9.98 Å². The Morgan fingerprint density at radius 1 is 1.50 bits per heavy atom. The molecule has 3 unspecified atom stereocenters. The standard InChI is InChI=1S/C15H24N5O7P/c1-15(2)25-6-10(27-15)7-26-28(22,23-3)9-24-5-4-20-8-17-11-12(20)18-14(16)19-13(11)21/h8,10-11H,4-7,9H2,1-3H3,(H2,16,19,21). The van der Waals surface area contributed by atoms with Crippen LogP contribution in [0, 0.1) is 5.41 Å². The van der Waals surface area contributed by atoms with Gasteiger partial charge in [-0.05, 0) is 13.8 Å². The van der Waals surface area contributed by atoms with Crippen molar-refractivity contribution in [2.45, 2.75) is 31.8 Å². The summed E-state index contributed by atoms with van der Waals surface area (Å²) in [7, 11) is -2.15. The first kappa shape index (κ1) is 21.0. The highest BCUT2D eigenvalue weighted by molar-refractivity contribution is 7.53. The average molecular weight is 417 g/mol. The minimum Gasteiger partial charge on any atom is -0.367 e. The fourth-order valence-electron chi connectivity index (χ4n) is 2.76. The Kier molecular flexibility index (Phi) is 6.28. The molecule has 12 nitrogen and oxygen atoms in total. The third-order valence-corrected chi connectivity index (χ3v) is 5.74. The molecule has 3 atom stereocenters. The second-order valence-electron chi connectivity index (χ2n) is 6.75. The highest BCUT2D eigenvalue weighted by Gasteiger charge is 2.37. The number of ether oxygens (including phenoxy) is 3. The quantitative estimate of drug-likeness (QED) is 0.398. The number of amides is 1. The van der Waals surface area contributed by atoms with Gasteiger partial charge < -0.3 is 28.2 Å². The van der Waals surface area contributed by atoms with Crippen molar-refractivity contribution in [3.63, 3.8) is 0 Å². The molecule has 3 heterocycles. The minimum atomic E-state index is -3.44. The summed E-state index contributed by atoms with van der Waals surface area (Å²) in [6, 6.07) is -0.750. The van der Waals surface area contributed by atoms with Gasteiger partial charge in [-0.3, -0.25) is 25.1 Å². The second-order valence-corrected chi connectivity index (χ2v) is 8.85. The highest BCUT2D eigenvalue weighted by Crippen LogP contribution is 2.47. The lowest BCUT2D eigenvalue weighted by Gasteiger charge is -2.22. The van der Waals surface area contributed by atoms with Crippen LogP contribution in [-0.2, 0) is 32.6 Å². The molecule has 0 aromatic heterocycles. The van der Waals surface area contributed by atoms with E-state index in [1.165, 1.54) is 13.4 Å². The number of aliphatic imine (C=N–C) groups is 2. The first-order valence-corrected chi connectivity index (χ1v) is 10.4. The third-order valence-electron chi connectivity index (χ3n) is 4.14. The van der Waals surface area contributed by atoms with Gasteiger partial charge in [-0.2, -0.15) is 4.99 Å². The summed E-state index contributed by atoms with van der Waals surface area (Å²) >= 11 is 0. The van der Waals surface area contributed by atoms with E-state index in [9.17, 15) is 9.36 Å². The lowest BCUT2D eigenvalue weighted by Crippen LogP contribution is -2.49. The highest BCUT2D eigenvalue weighted by atomic mass is 31.2. The lowest BCUT2D eigenvalue weighted by molar-refractivity contribution is -0.141. The monoisotopic (exact) mass is 417 g/mol. The summed E-state index contributed by atoms with van der Waals surface area (Å²) in [5.41, 5.74) is 0. The molecular weight excluding hydrogens is 393 g/mol. The van der Waals surface area contributed by atoms with Crippen LogP contribution in [0.25, 0.3) is 0 Å². The van der Waals surface area contributed by atoms with Gasteiger partial charge in [0, 0.05) is 13.7 Å². The number of carbonyl (C=O) groups excluding carboxylic acids is 1. The number of rotatable bonds is 9. The Hall–Kier alpha value is -1.69. The van der Waals surface area contributed by atoms with E-state index in [4.69, 9.17) is 28.7 Å². The first-order chi connectivity index (χ1) is 13.2. The Labute approximate surface area is 162 Å². The van der Waals surface area contributed by atoms with Crippen LogP contribution < -0.4 is 5.32 Å². The van der Waals surface area contributed by atoms with E-state index in [1.807, 2.05) is 0 Å². The average Bonchev–Trinajstić information content (AvgIpc) is 3.20. The third kappa shape index (κ3) is 5.02. The van der Waals surface area contributed by atoms with E-state index in [1.54, 1.807) is 18.7 Å². The van der Waals surface area contributed by atoms with Gasteiger partial charge in [0.1, 0.15) is 18.3 Å². The van der Waals surface area contributed by atoms with E-state index in [-0.39, 0.29) is 31.6 Å². The van der Waals surface area contributed by atoms with Crippen molar-refractivity contribution in [1.82, 2.24) is 10.2 Å². The normalized spacial score (nSPS) is 28.1. The van der Waals surface area contributed by atoms with E-state index < -0.39 is 25.3 Å². The first-order valence-electron chi connectivity index (χ1n) is 8.68. The zero-order valence-corrected chi connectivity index (χ0v) is 16.8. The lowest BCUT2D eigenvalue weighted by atomic mass is 10.2. The largest absolute Gasteiger partial charge is 0.367 e. The Morgan fingerprint density at radius 3 is 2.96 bits per heavy atom. The molecular formula is C15H24N5O7P. The van der Waals surface area contributed by atoms with Gasteiger partial charge in [0.25, 0.3) is 5.91 Å². The minimum absolute atomic E-state index is 0.0619. The van der Waals surface area contributed by atoms with E-state index in [0.29, 0.717) is 19.0 Å². The Bertz CT molecular complexity index is 740. The van der Waals surface area contributed by atoms with Crippen molar-refractivity contribution in [3.8, 4) is 0 Å². The number of hydrogen-bond donors (Lipinski definition) is 2. The number of carbonyl (C=O) groups is 1. The Morgan fingerprint density at radius 2 is 2.29 bits per heavy atom. The van der Waals surface area contributed by atoms with Crippen molar-refractivity contribution in [2.75, 3.05) is 39.8 Å². The van der Waals surface area contributed by atoms with Crippen LogP contribution in [0.5, 0.6) is 0 Å². The van der Waals surface area contributed by atoms with Gasteiger partial charge in [-0.15, -0.1) is 0 Å². The molecule has 0 radical (unpaired) electrons. The summed E-state index contributed by atoms with van der Waals surface area (Å²) in [5.74, 6) is -0.949. The summed E-state index contributed by atoms with van der Waals surface area (Å²) < 4.78 is 39.5. The maximum Gasteiger partial charge on any atom is 0.355 e. The van der Waals surface area contributed by atoms with Gasteiger partial charge in [0.05, 0.1) is 26.2 Å². The summed E-state index contributed by atoms with van der Waals surface area (Å²) in [6.07, 6.45) is 0.899. The van der Waals surface area contributed by atoms with Crippen LogP contribution in [0.2, 0.25) is 0 Å². The van der Waals surface area contributed by atoms with Gasteiger partial charge in [0.15, 0.2) is 11.8 Å². The topological polar surface area (TPSA) is 144 Å². The zero-order chi connectivity index (χ0) is 20.4.